The molecule has 2 aromatic rings. The predicted octanol–water partition coefficient (Wildman–Crippen LogP) is 3.22. The number of anilines is 1. The van der Waals surface area contributed by atoms with E-state index in [2.05, 4.69) is 40.1 Å². The van der Waals surface area contributed by atoms with Crippen LogP contribution in [0.3, 0.4) is 0 Å². The molecule has 3 rings (SSSR count). The van der Waals surface area contributed by atoms with Gasteiger partial charge in [-0.15, -0.1) is 11.3 Å². The molecule has 1 atom stereocenters. The molecule has 1 fully saturated rings. The number of aromatic nitrogens is 2. The second-order valence-corrected chi connectivity index (χ2v) is 6.79. The molecule has 0 bridgehead atoms. The summed E-state index contributed by atoms with van der Waals surface area (Å²) in [5.41, 5.74) is 0. The van der Waals surface area contributed by atoms with Gasteiger partial charge in [0.05, 0.1) is 5.39 Å². The van der Waals surface area contributed by atoms with Crippen LogP contribution in [-0.2, 0) is 6.42 Å². The van der Waals surface area contributed by atoms with Crippen molar-refractivity contribution in [2.75, 3.05) is 24.5 Å². The van der Waals surface area contributed by atoms with E-state index in [-0.39, 0.29) is 0 Å². The summed E-state index contributed by atoms with van der Waals surface area (Å²) in [5, 5.41) is 4.76. The second kappa shape index (κ2) is 6.71. The highest BCUT2D eigenvalue weighted by atomic mass is 32.1. The van der Waals surface area contributed by atoms with Crippen LogP contribution < -0.4 is 10.2 Å². The number of piperidine rings is 1. The fourth-order valence-electron chi connectivity index (χ4n) is 3.10. The third-order valence-corrected chi connectivity index (χ3v) is 5.34. The van der Waals surface area contributed by atoms with Gasteiger partial charge < -0.3 is 10.2 Å². The summed E-state index contributed by atoms with van der Waals surface area (Å²) in [7, 11) is 0. The van der Waals surface area contributed by atoms with Crippen LogP contribution in [0.2, 0.25) is 0 Å². The number of rotatable bonds is 5. The van der Waals surface area contributed by atoms with Crippen molar-refractivity contribution in [3.05, 3.63) is 17.3 Å². The van der Waals surface area contributed by atoms with E-state index in [1.165, 1.54) is 23.1 Å². The Kier molecular flexibility index (Phi) is 4.70. The van der Waals surface area contributed by atoms with E-state index in [4.69, 9.17) is 0 Å². The molecule has 21 heavy (non-hydrogen) atoms. The summed E-state index contributed by atoms with van der Waals surface area (Å²) in [4.78, 5) is 14.1. The molecule has 0 aliphatic carbocycles. The van der Waals surface area contributed by atoms with Crippen LogP contribution in [0.5, 0.6) is 0 Å². The van der Waals surface area contributed by atoms with Gasteiger partial charge >= 0.3 is 0 Å². The molecule has 1 unspecified atom stereocenters. The van der Waals surface area contributed by atoms with Gasteiger partial charge in [0.1, 0.15) is 17.0 Å². The molecule has 4 nitrogen and oxygen atoms in total. The largest absolute Gasteiger partial charge is 0.352 e. The van der Waals surface area contributed by atoms with Crippen molar-refractivity contribution in [1.82, 2.24) is 15.3 Å². The SMILES string of the molecule is CCCN(c1ncnc2sc(CC)cc12)C1CCCNC1. The Balaban J connectivity index is 1.99. The van der Waals surface area contributed by atoms with Crippen molar-refractivity contribution in [3.8, 4) is 0 Å². The number of thiophene rings is 1. The van der Waals surface area contributed by atoms with Gasteiger partial charge in [0.2, 0.25) is 0 Å². The number of aryl methyl sites for hydroxylation is 1. The van der Waals surface area contributed by atoms with E-state index in [0.717, 1.165) is 43.1 Å². The van der Waals surface area contributed by atoms with Crippen molar-refractivity contribution in [2.24, 2.45) is 0 Å². The Labute approximate surface area is 130 Å². The lowest BCUT2D eigenvalue weighted by molar-refractivity contribution is 0.429. The maximum Gasteiger partial charge on any atom is 0.141 e. The van der Waals surface area contributed by atoms with E-state index >= 15 is 0 Å². The summed E-state index contributed by atoms with van der Waals surface area (Å²) < 4.78 is 0. The van der Waals surface area contributed by atoms with E-state index < -0.39 is 0 Å². The lowest BCUT2D eigenvalue weighted by Gasteiger charge is -2.35. The molecule has 114 valence electrons. The van der Waals surface area contributed by atoms with Gasteiger partial charge in [-0.1, -0.05) is 13.8 Å². The molecular formula is C16H24N4S. The molecule has 2 aromatic heterocycles. The molecule has 0 radical (unpaired) electrons. The maximum atomic E-state index is 4.64. The number of nitrogens with one attached hydrogen (secondary N) is 1. The molecular weight excluding hydrogens is 280 g/mol. The van der Waals surface area contributed by atoms with Crippen LogP contribution >= 0.6 is 11.3 Å². The normalized spacial score (nSPS) is 19.0. The summed E-state index contributed by atoms with van der Waals surface area (Å²) in [6.07, 6.45) is 6.45. The van der Waals surface area contributed by atoms with Crippen LogP contribution in [0.15, 0.2) is 12.4 Å². The number of hydrogen-bond acceptors (Lipinski definition) is 5. The molecule has 5 heteroatoms. The topological polar surface area (TPSA) is 41.1 Å². The lowest BCUT2D eigenvalue weighted by Crippen LogP contribution is -2.46. The first-order valence-electron chi connectivity index (χ1n) is 8.04. The zero-order valence-electron chi connectivity index (χ0n) is 12.9. The van der Waals surface area contributed by atoms with Crippen molar-refractivity contribution in [2.45, 2.75) is 45.6 Å². The Morgan fingerprint density at radius 3 is 3.00 bits per heavy atom. The smallest absolute Gasteiger partial charge is 0.141 e. The molecule has 0 saturated carbocycles. The van der Waals surface area contributed by atoms with Gasteiger partial charge in [0, 0.05) is 24.0 Å². The fourth-order valence-corrected chi connectivity index (χ4v) is 4.03. The van der Waals surface area contributed by atoms with Crippen LogP contribution in [0.4, 0.5) is 5.82 Å². The third kappa shape index (κ3) is 3.04. The van der Waals surface area contributed by atoms with Crippen molar-refractivity contribution < 1.29 is 0 Å². The molecule has 1 aliphatic heterocycles. The average Bonchev–Trinajstić information content (AvgIpc) is 2.97. The van der Waals surface area contributed by atoms with Gasteiger partial charge in [-0.25, -0.2) is 9.97 Å². The number of fused-ring (bicyclic) bond motifs is 1. The van der Waals surface area contributed by atoms with Gasteiger partial charge in [0.15, 0.2) is 0 Å². The summed E-state index contributed by atoms with van der Waals surface area (Å²) >= 11 is 1.80. The van der Waals surface area contributed by atoms with Crippen LogP contribution in [0.1, 0.15) is 38.0 Å². The summed E-state index contributed by atoms with van der Waals surface area (Å²) in [6.45, 7) is 7.72. The molecule has 1 N–H and O–H groups in total. The fraction of sp³-hybridized carbons (Fsp3) is 0.625. The summed E-state index contributed by atoms with van der Waals surface area (Å²) in [6, 6.07) is 2.84. The Morgan fingerprint density at radius 2 is 2.29 bits per heavy atom. The highest BCUT2D eigenvalue weighted by Gasteiger charge is 2.23. The molecule has 1 aliphatic rings. The first-order valence-corrected chi connectivity index (χ1v) is 8.86. The second-order valence-electron chi connectivity index (χ2n) is 5.68. The van der Waals surface area contributed by atoms with Crippen LogP contribution in [-0.4, -0.2) is 35.6 Å². The molecule has 0 spiro atoms. The minimum absolute atomic E-state index is 0.557. The van der Waals surface area contributed by atoms with Crippen molar-refractivity contribution in [3.63, 3.8) is 0 Å². The standard InChI is InChI=1S/C16H24N4S/c1-3-8-20(12-6-5-7-17-10-12)15-14-9-13(4-2)21-16(14)19-11-18-15/h9,11-12,17H,3-8,10H2,1-2H3. The molecule has 1 saturated heterocycles. The third-order valence-electron chi connectivity index (χ3n) is 4.16. The predicted molar refractivity (Wildman–Crippen MR) is 90.3 cm³/mol. The Hall–Kier alpha value is -1.20. The van der Waals surface area contributed by atoms with E-state index in [9.17, 15) is 0 Å². The van der Waals surface area contributed by atoms with Crippen LogP contribution in [0, 0.1) is 0 Å². The minimum Gasteiger partial charge on any atom is -0.352 e. The minimum atomic E-state index is 0.557. The lowest BCUT2D eigenvalue weighted by atomic mass is 10.1. The molecule has 3 heterocycles. The van der Waals surface area contributed by atoms with Gasteiger partial charge in [-0.05, 0) is 38.3 Å². The molecule has 0 aromatic carbocycles. The maximum absolute atomic E-state index is 4.64. The average molecular weight is 304 g/mol. The van der Waals surface area contributed by atoms with Crippen molar-refractivity contribution >= 4 is 27.4 Å². The quantitative estimate of drug-likeness (QED) is 0.921. The van der Waals surface area contributed by atoms with E-state index in [1.54, 1.807) is 17.7 Å². The zero-order chi connectivity index (χ0) is 14.7. The highest BCUT2D eigenvalue weighted by molar-refractivity contribution is 7.18. The molecule has 0 amide bonds. The van der Waals surface area contributed by atoms with Gasteiger partial charge in [-0.2, -0.15) is 0 Å². The number of nitrogens with zero attached hydrogens (tertiary/aromatic N) is 3. The monoisotopic (exact) mass is 304 g/mol. The van der Waals surface area contributed by atoms with Crippen molar-refractivity contribution in [1.29, 1.82) is 0 Å². The van der Waals surface area contributed by atoms with E-state index in [0.29, 0.717) is 6.04 Å². The van der Waals surface area contributed by atoms with Gasteiger partial charge in [0.25, 0.3) is 0 Å². The Bertz CT molecular complexity index is 589. The number of hydrogen-bond donors (Lipinski definition) is 1. The first-order chi connectivity index (χ1) is 10.3. The summed E-state index contributed by atoms with van der Waals surface area (Å²) in [5.74, 6) is 1.13. The Morgan fingerprint density at radius 1 is 1.38 bits per heavy atom. The van der Waals surface area contributed by atoms with Crippen LogP contribution in [0.25, 0.3) is 10.2 Å². The first kappa shape index (κ1) is 14.7. The van der Waals surface area contributed by atoms with Gasteiger partial charge in [-0.3, -0.25) is 0 Å². The van der Waals surface area contributed by atoms with E-state index in [1.807, 2.05) is 0 Å². The zero-order valence-corrected chi connectivity index (χ0v) is 13.7. The highest BCUT2D eigenvalue weighted by Crippen LogP contribution is 2.32.